The van der Waals surface area contributed by atoms with E-state index < -0.39 is 10.0 Å². The van der Waals surface area contributed by atoms with E-state index in [-0.39, 0.29) is 11.7 Å². The summed E-state index contributed by atoms with van der Waals surface area (Å²) in [6, 6.07) is 17.9. The number of hydrogen-bond donors (Lipinski definition) is 1. The van der Waals surface area contributed by atoms with Gasteiger partial charge in [-0.25, -0.2) is 13.4 Å². The Morgan fingerprint density at radius 2 is 1.82 bits per heavy atom. The first kappa shape index (κ1) is 18.1. The number of nitrogens with one attached hydrogen (secondary N) is 1. The number of aromatic nitrogens is 1. The summed E-state index contributed by atoms with van der Waals surface area (Å²) in [6.07, 6.45) is 1.51. The minimum Gasteiger partial charge on any atom is -0.454 e. The van der Waals surface area contributed by atoms with E-state index in [1.54, 1.807) is 18.2 Å². The molecule has 1 aliphatic rings. The highest BCUT2D eigenvalue weighted by atomic mass is 32.2. The van der Waals surface area contributed by atoms with E-state index in [9.17, 15) is 8.42 Å². The van der Waals surface area contributed by atoms with Gasteiger partial charge in [-0.2, -0.15) is 0 Å². The Morgan fingerprint density at radius 1 is 1.04 bits per heavy atom. The van der Waals surface area contributed by atoms with Crippen LogP contribution in [0.25, 0.3) is 0 Å². The smallest absolute Gasteiger partial charge is 0.262 e. The summed E-state index contributed by atoms with van der Waals surface area (Å²) < 4.78 is 38.3. The zero-order chi connectivity index (χ0) is 19.6. The largest absolute Gasteiger partial charge is 0.454 e. The third-order valence-corrected chi connectivity index (χ3v) is 5.69. The topological polar surface area (TPSA) is 80.8 Å². The first-order valence-electron chi connectivity index (χ1n) is 8.78. The maximum atomic E-state index is 12.7. The lowest BCUT2D eigenvalue weighted by molar-refractivity contribution is 0.174. The van der Waals surface area contributed by atoms with E-state index in [4.69, 9.17) is 9.47 Å². The summed E-state index contributed by atoms with van der Waals surface area (Å²) in [5.41, 5.74) is 1.40. The van der Waals surface area contributed by atoms with Crippen LogP contribution >= 0.6 is 0 Å². The van der Waals surface area contributed by atoms with Gasteiger partial charge in [0.1, 0.15) is 5.82 Å². The lowest BCUT2D eigenvalue weighted by atomic mass is 10.3. The van der Waals surface area contributed by atoms with Gasteiger partial charge in [-0.15, -0.1) is 0 Å². The Labute approximate surface area is 163 Å². The third kappa shape index (κ3) is 3.59. The molecule has 1 N–H and O–H groups in total. The van der Waals surface area contributed by atoms with Gasteiger partial charge >= 0.3 is 0 Å². The second-order valence-electron chi connectivity index (χ2n) is 6.11. The fourth-order valence-electron chi connectivity index (χ4n) is 2.95. The van der Waals surface area contributed by atoms with Crippen LogP contribution in [0.2, 0.25) is 0 Å². The lowest BCUT2D eigenvalue weighted by Crippen LogP contribution is -2.17. The Bertz CT molecular complexity index is 1070. The number of benzene rings is 2. The molecule has 2 heterocycles. The average Bonchev–Trinajstić information content (AvgIpc) is 3.18. The minimum atomic E-state index is -3.76. The van der Waals surface area contributed by atoms with Crippen molar-refractivity contribution in [2.45, 2.75) is 11.8 Å². The number of para-hydroxylation sites is 1. The summed E-state index contributed by atoms with van der Waals surface area (Å²) in [5, 5.41) is 0. The van der Waals surface area contributed by atoms with Crippen LogP contribution in [0.3, 0.4) is 0 Å². The molecule has 3 aromatic rings. The molecule has 0 amide bonds. The van der Waals surface area contributed by atoms with Gasteiger partial charge < -0.3 is 14.4 Å². The van der Waals surface area contributed by atoms with E-state index in [0.717, 1.165) is 18.1 Å². The van der Waals surface area contributed by atoms with Crippen molar-refractivity contribution in [3.8, 4) is 11.5 Å². The Balaban J connectivity index is 1.54. The lowest BCUT2D eigenvalue weighted by Gasteiger charge is -2.22. The number of hydrogen-bond acceptors (Lipinski definition) is 6. The van der Waals surface area contributed by atoms with Crippen molar-refractivity contribution in [3.63, 3.8) is 0 Å². The zero-order valence-electron chi connectivity index (χ0n) is 15.2. The highest BCUT2D eigenvalue weighted by Crippen LogP contribution is 2.34. The van der Waals surface area contributed by atoms with Crippen molar-refractivity contribution in [2.24, 2.45) is 0 Å². The van der Waals surface area contributed by atoms with E-state index in [2.05, 4.69) is 9.71 Å². The number of fused-ring (bicyclic) bond motifs is 1. The zero-order valence-corrected chi connectivity index (χ0v) is 16.0. The predicted octanol–water partition coefficient (Wildman–Crippen LogP) is 3.77. The van der Waals surface area contributed by atoms with E-state index in [0.29, 0.717) is 17.2 Å². The Morgan fingerprint density at radius 3 is 2.54 bits per heavy atom. The first-order valence-corrected chi connectivity index (χ1v) is 10.3. The standard InChI is InChI=1S/C20H19N3O4S/c1-2-23(16-6-4-3-5-7-16)20-11-8-15(13-21-20)22-28(24,25)17-9-10-18-19(12-17)27-14-26-18/h3-13,22H,2,14H2,1H3. The number of anilines is 3. The third-order valence-electron chi connectivity index (χ3n) is 4.32. The van der Waals surface area contributed by atoms with Gasteiger partial charge in [0.15, 0.2) is 11.5 Å². The van der Waals surface area contributed by atoms with Crippen molar-refractivity contribution < 1.29 is 17.9 Å². The molecule has 0 radical (unpaired) electrons. The summed E-state index contributed by atoms with van der Waals surface area (Å²) in [4.78, 5) is 6.55. The molecule has 0 atom stereocenters. The van der Waals surface area contributed by atoms with Crippen molar-refractivity contribution in [2.75, 3.05) is 23.0 Å². The summed E-state index contributed by atoms with van der Waals surface area (Å²) in [5.74, 6) is 1.68. The van der Waals surface area contributed by atoms with Gasteiger partial charge in [0.2, 0.25) is 6.79 Å². The molecule has 144 valence electrons. The molecule has 0 saturated carbocycles. The molecule has 2 aromatic carbocycles. The molecule has 0 bridgehead atoms. The molecule has 4 rings (SSSR count). The van der Waals surface area contributed by atoms with Crippen LogP contribution in [0.1, 0.15) is 6.92 Å². The second-order valence-corrected chi connectivity index (χ2v) is 7.79. The molecule has 1 aromatic heterocycles. The predicted molar refractivity (Wildman–Crippen MR) is 107 cm³/mol. The average molecular weight is 397 g/mol. The SMILES string of the molecule is CCN(c1ccccc1)c1ccc(NS(=O)(=O)c2ccc3c(c2)OCO3)cn1. The minimum absolute atomic E-state index is 0.0903. The number of ether oxygens (including phenoxy) is 2. The molecule has 0 unspecified atom stereocenters. The van der Waals surface area contributed by atoms with Gasteiger partial charge in [0.05, 0.1) is 16.8 Å². The summed E-state index contributed by atoms with van der Waals surface area (Å²) >= 11 is 0. The van der Waals surface area contributed by atoms with Crippen LogP contribution in [0.5, 0.6) is 11.5 Å². The molecule has 7 nitrogen and oxygen atoms in total. The van der Waals surface area contributed by atoms with Gasteiger partial charge in [-0.1, -0.05) is 18.2 Å². The van der Waals surface area contributed by atoms with Crippen molar-refractivity contribution in [3.05, 3.63) is 66.9 Å². The molecule has 0 aliphatic carbocycles. The van der Waals surface area contributed by atoms with E-state index in [1.807, 2.05) is 42.2 Å². The fraction of sp³-hybridized carbons (Fsp3) is 0.150. The maximum Gasteiger partial charge on any atom is 0.262 e. The van der Waals surface area contributed by atoms with Gasteiger partial charge in [0.25, 0.3) is 10.0 Å². The van der Waals surface area contributed by atoms with Crippen LogP contribution in [-0.4, -0.2) is 26.7 Å². The Kier molecular flexibility index (Phi) is 4.79. The fourth-order valence-corrected chi connectivity index (χ4v) is 4.01. The number of pyridine rings is 1. The molecule has 8 heteroatoms. The number of rotatable bonds is 6. The quantitative estimate of drug-likeness (QED) is 0.682. The van der Waals surface area contributed by atoms with Crippen LogP contribution in [0, 0.1) is 0 Å². The summed E-state index contributed by atoms with van der Waals surface area (Å²) in [6.45, 7) is 2.86. The Hall–Kier alpha value is -3.26. The monoisotopic (exact) mass is 397 g/mol. The van der Waals surface area contributed by atoms with Crippen molar-refractivity contribution in [1.82, 2.24) is 4.98 Å². The van der Waals surface area contributed by atoms with E-state index >= 15 is 0 Å². The molecule has 0 spiro atoms. The number of sulfonamides is 1. The highest BCUT2D eigenvalue weighted by molar-refractivity contribution is 7.92. The van der Waals surface area contributed by atoms with Gasteiger partial charge in [-0.3, -0.25) is 4.72 Å². The van der Waals surface area contributed by atoms with Crippen molar-refractivity contribution in [1.29, 1.82) is 0 Å². The molecular weight excluding hydrogens is 378 g/mol. The molecule has 28 heavy (non-hydrogen) atoms. The van der Waals surface area contributed by atoms with Gasteiger partial charge in [-0.05, 0) is 43.3 Å². The molecule has 0 fully saturated rings. The first-order chi connectivity index (χ1) is 13.6. The van der Waals surface area contributed by atoms with Crippen LogP contribution in [-0.2, 0) is 10.0 Å². The van der Waals surface area contributed by atoms with Crippen molar-refractivity contribution >= 4 is 27.2 Å². The van der Waals surface area contributed by atoms with Crippen LogP contribution in [0.4, 0.5) is 17.2 Å². The van der Waals surface area contributed by atoms with Crippen LogP contribution in [0.15, 0.2) is 71.8 Å². The normalized spacial score (nSPS) is 12.6. The summed E-state index contributed by atoms with van der Waals surface area (Å²) in [7, 11) is -3.76. The second kappa shape index (κ2) is 7.40. The molecular formula is C20H19N3O4S. The van der Waals surface area contributed by atoms with E-state index in [1.165, 1.54) is 18.3 Å². The number of nitrogens with zero attached hydrogens (tertiary/aromatic N) is 2. The highest BCUT2D eigenvalue weighted by Gasteiger charge is 2.20. The molecule has 0 saturated heterocycles. The maximum absolute atomic E-state index is 12.7. The van der Waals surface area contributed by atoms with Gasteiger partial charge in [0, 0.05) is 18.3 Å². The van der Waals surface area contributed by atoms with Crippen LogP contribution < -0.4 is 19.1 Å². The molecule has 1 aliphatic heterocycles.